The van der Waals surface area contributed by atoms with E-state index >= 15 is 0 Å². The van der Waals surface area contributed by atoms with E-state index in [0.29, 0.717) is 22.4 Å². The van der Waals surface area contributed by atoms with Crippen molar-refractivity contribution in [3.63, 3.8) is 0 Å². The van der Waals surface area contributed by atoms with Crippen LogP contribution in [0.5, 0.6) is 0 Å². The Balaban J connectivity index is 2.14. The molecule has 0 aliphatic heterocycles. The molecule has 0 amide bonds. The van der Waals surface area contributed by atoms with Gasteiger partial charge in [0.1, 0.15) is 12.0 Å². The van der Waals surface area contributed by atoms with Crippen LogP contribution < -0.4 is 5.32 Å². The largest absolute Gasteiger partial charge is 0.396 e. The van der Waals surface area contributed by atoms with E-state index < -0.39 is 4.92 Å². The van der Waals surface area contributed by atoms with E-state index in [-0.39, 0.29) is 17.7 Å². The minimum absolute atomic E-state index is 0.00396. The van der Waals surface area contributed by atoms with Crippen LogP contribution in [0.2, 0.25) is 0 Å². The zero-order valence-corrected chi connectivity index (χ0v) is 11.5. The van der Waals surface area contributed by atoms with Gasteiger partial charge in [-0.1, -0.05) is 0 Å². The summed E-state index contributed by atoms with van der Waals surface area (Å²) in [7, 11) is 0. The number of aromatic nitrogens is 1. The topological polar surface area (TPSA) is 88.3 Å². The number of aliphatic hydroxyl groups is 1. The predicted octanol–water partition coefficient (Wildman–Crippen LogP) is 2.25. The number of nitrogens with zero attached hydrogens (tertiary/aromatic N) is 2. The summed E-state index contributed by atoms with van der Waals surface area (Å²) in [6.45, 7) is 2.46. The normalized spacial score (nSPS) is 16.4. The third kappa shape index (κ3) is 2.46. The Morgan fingerprint density at radius 3 is 2.83 bits per heavy atom. The van der Waals surface area contributed by atoms with Crippen LogP contribution in [0, 0.1) is 22.5 Å². The highest BCUT2D eigenvalue weighted by Crippen LogP contribution is 2.45. The van der Waals surface area contributed by atoms with Gasteiger partial charge < -0.3 is 10.4 Å². The van der Waals surface area contributed by atoms with Gasteiger partial charge in [0.25, 0.3) is 5.69 Å². The summed E-state index contributed by atoms with van der Waals surface area (Å²) in [5.74, 6) is 0.581. The lowest BCUT2D eigenvalue weighted by Gasteiger charge is -2.14. The van der Waals surface area contributed by atoms with E-state index in [1.54, 1.807) is 6.92 Å². The Kier molecular flexibility index (Phi) is 3.54. The number of nitrogens with one attached hydrogen (secondary N) is 1. The molecule has 0 radical (unpaired) electrons. The number of hydrogen-bond donors (Lipinski definition) is 2. The van der Waals surface area contributed by atoms with Crippen molar-refractivity contribution in [2.24, 2.45) is 5.41 Å². The summed E-state index contributed by atoms with van der Waals surface area (Å²) < 4.78 is 0.602. The molecule has 1 aliphatic carbocycles. The minimum Gasteiger partial charge on any atom is -0.396 e. The molecule has 1 heterocycles. The van der Waals surface area contributed by atoms with E-state index in [0.717, 1.165) is 12.8 Å². The van der Waals surface area contributed by atoms with Crippen molar-refractivity contribution >= 4 is 27.4 Å². The molecule has 1 saturated carbocycles. The smallest absolute Gasteiger partial charge is 0.291 e. The van der Waals surface area contributed by atoms with E-state index in [9.17, 15) is 15.2 Å². The quantitative estimate of drug-likeness (QED) is 0.642. The molecule has 1 aromatic rings. The van der Waals surface area contributed by atoms with Crippen LogP contribution in [-0.4, -0.2) is 28.2 Å². The van der Waals surface area contributed by atoms with Gasteiger partial charge in [0, 0.05) is 17.5 Å². The Hall–Kier alpha value is -1.21. The minimum atomic E-state index is -0.451. The first-order valence-electron chi connectivity index (χ1n) is 5.63. The lowest BCUT2D eigenvalue weighted by atomic mass is 10.1. The highest BCUT2D eigenvalue weighted by molar-refractivity contribution is 9.10. The van der Waals surface area contributed by atoms with Crippen molar-refractivity contribution in [1.29, 1.82) is 0 Å². The average molecular weight is 316 g/mol. The van der Waals surface area contributed by atoms with E-state index in [1.165, 1.54) is 6.20 Å². The molecule has 18 heavy (non-hydrogen) atoms. The van der Waals surface area contributed by atoms with Crippen molar-refractivity contribution in [3.05, 3.63) is 26.3 Å². The van der Waals surface area contributed by atoms with Gasteiger partial charge in [-0.15, -0.1) is 0 Å². The number of halogens is 1. The lowest BCUT2D eigenvalue weighted by Crippen LogP contribution is -2.20. The van der Waals surface area contributed by atoms with Crippen LogP contribution in [0.15, 0.2) is 10.7 Å². The molecule has 1 aliphatic rings. The van der Waals surface area contributed by atoms with E-state index in [4.69, 9.17) is 0 Å². The maximum atomic E-state index is 10.7. The zero-order chi connectivity index (χ0) is 13.3. The maximum absolute atomic E-state index is 10.7. The Morgan fingerprint density at radius 1 is 1.67 bits per heavy atom. The first-order valence-corrected chi connectivity index (χ1v) is 6.43. The number of pyridine rings is 1. The number of nitro groups is 1. The highest BCUT2D eigenvalue weighted by atomic mass is 79.9. The zero-order valence-electron chi connectivity index (χ0n) is 9.94. The van der Waals surface area contributed by atoms with Crippen molar-refractivity contribution in [3.8, 4) is 0 Å². The van der Waals surface area contributed by atoms with Crippen molar-refractivity contribution in [2.45, 2.75) is 19.8 Å². The van der Waals surface area contributed by atoms with Gasteiger partial charge in [0.05, 0.1) is 16.0 Å². The standard InChI is InChI=1S/C11H14BrN3O3/c1-7-8(15(17)18)4-13-10(9(7)12)14-5-11(6-16)2-3-11/h4,16H,2-3,5-6H2,1H3,(H,13,14). The van der Waals surface area contributed by atoms with Crippen molar-refractivity contribution in [2.75, 3.05) is 18.5 Å². The summed E-state index contributed by atoms with van der Waals surface area (Å²) in [5.41, 5.74) is 0.513. The fourth-order valence-corrected chi connectivity index (χ4v) is 2.16. The molecule has 7 heteroatoms. The fourth-order valence-electron chi connectivity index (χ4n) is 1.72. The van der Waals surface area contributed by atoms with E-state index in [1.807, 2.05) is 0 Å². The van der Waals surface area contributed by atoms with Crippen molar-refractivity contribution in [1.82, 2.24) is 4.98 Å². The third-order valence-electron chi connectivity index (χ3n) is 3.36. The molecule has 0 unspecified atom stereocenters. The summed E-state index contributed by atoms with van der Waals surface area (Å²) >= 11 is 3.32. The second kappa shape index (κ2) is 4.81. The van der Waals surface area contributed by atoms with Gasteiger partial charge >= 0.3 is 0 Å². The van der Waals surface area contributed by atoms with Crippen LogP contribution >= 0.6 is 15.9 Å². The summed E-state index contributed by atoms with van der Waals surface area (Å²) in [6.07, 6.45) is 3.25. The van der Waals surface area contributed by atoms with Gasteiger partial charge in [-0.05, 0) is 35.7 Å². The summed E-state index contributed by atoms with van der Waals surface area (Å²) in [5, 5.41) is 23.1. The fraction of sp³-hybridized carbons (Fsp3) is 0.545. The molecule has 1 fully saturated rings. The predicted molar refractivity (Wildman–Crippen MR) is 70.6 cm³/mol. The lowest BCUT2D eigenvalue weighted by molar-refractivity contribution is -0.385. The summed E-state index contributed by atoms with van der Waals surface area (Å²) in [4.78, 5) is 14.3. The first-order chi connectivity index (χ1) is 8.49. The van der Waals surface area contributed by atoms with Crippen LogP contribution in [0.1, 0.15) is 18.4 Å². The molecular weight excluding hydrogens is 302 g/mol. The Morgan fingerprint density at radius 2 is 2.33 bits per heavy atom. The van der Waals surface area contributed by atoms with Crippen LogP contribution in [0.25, 0.3) is 0 Å². The number of rotatable bonds is 5. The van der Waals surface area contributed by atoms with E-state index in [2.05, 4.69) is 26.2 Å². The monoisotopic (exact) mass is 315 g/mol. The average Bonchev–Trinajstić information content (AvgIpc) is 3.11. The molecule has 0 spiro atoms. The van der Waals surface area contributed by atoms with Crippen LogP contribution in [0.4, 0.5) is 11.5 Å². The molecular formula is C11H14BrN3O3. The molecule has 6 nitrogen and oxygen atoms in total. The van der Waals surface area contributed by atoms with Crippen LogP contribution in [-0.2, 0) is 0 Å². The van der Waals surface area contributed by atoms with Gasteiger partial charge in [-0.2, -0.15) is 0 Å². The first kappa shape index (κ1) is 13.2. The second-order valence-electron chi connectivity index (χ2n) is 4.70. The van der Waals surface area contributed by atoms with Gasteiger partial charge in [0.15, 0.2) is 0 Å². The van der Waals surface area contributed by atoms with Gasteiger partial charge in [0.2, 0.25) is 0 Å². The Bertz CT molecular complexity index is 489. The molecule has 98 valence electrons. The SMILES string of the molecule is Cc1c([N+](=O)[O-])cnc(NCC2(CO)CC2)c1Br. The summed E-state index contributed by atoms with van der Waals surface area (Å²) in [6, 6.07) is 0. The molecule has 0 saturated heterocycles. The molecule has 0 bridgehead atoms. The van der Waals surface area contributed by atoms with Gasteiger partial charge in [-0.25, -0.2) is 4.98 Å². The number of aliphatic hydroxyl groups excluding tert-OH is 1. The molecule has 2 N–H and O–H groups in total. The molecule has 0 atom stereocenters. The second-order valence-corrected chi connectivity index (χ2v) is 5.49. The molecule has 1 aromatic heterocycles. The highest BCUT2D eigenvalue weighted by Gasteiger charge is 2.41. The van der Waals surface area contributed by atoms with Gasteiger partial charge in [-0.3, -0.25) is 10.1 Å². The molecule has 2 rings (SSSR count). The van der Waals surface area contributed by atoms with Crippen molar-refractivity contribution < 1.29 is 10.0 Å². The maximum Gasteiger partial charge on any atom is 0.291 e. The van der Waals surface area contributed by atoms with Crippen LogP contribution in [0.3, 0.4) is 0 Å². The number of anilines is 1. The Labute approximate surface area is 113 Å². The molecule has 0 aromatic carbocycles. The number of hydrogen-bond acceptors (Lipinski definition) is 5. The third-order valence-corrected chi connectivity index (χ3v) is 4.33.